The largest absolute Gasteiger partial charge is 0.393 e. The number of benzene rings is 1. The van der Waals surface area contributed by atoms with Gasteiger partial charge >= 0.3 is 6.18 Å². The predicted molar refractivity (Wildman–Crippen MR) is 106 cm³/mol. The van der Waals surface area contributed by atoms with Crippen molar-refractivity contribution in [2.45, 2.75) is 32.0 Å². The van der Waals surface area contributed by atoms with Crippen molar-refractivity contribution in [1.82, 2.24) is 9.97 Å². The lowest BCUT2D eigenvalue weighted by atomic mass is 10.0. The van der Waals surface area contributed by atoms with Gasteiger partial charge in [-0.2, -0.15) is 18.2 Å². The standard InChI is InChI=1S/C19H23F4N5O2/c1-4-14(10-5-6-11(12(20)7-10)8-19(21,22)23)25-16-15(13(24)9-29)17(30)27-18(26-16)28(2)3/h5-7,14,24,29H,4,8-9H2,1-3H3,(H2,25,26,27,30). The molecule has 0 aliphatic rings. The minimum Gasteiger partial charge on any atom is -0.390 e. The molecule has 7 nitrogen and oxygen atoms in total. The van der Waals surface area contributed by atoms with Crippen molar-refractivity contribution in [2.24, 2.45) is 0 Å². The van der Waals surface area contributed by atoms with Gasteiger partial charge in [0, 0.05) is 14.1 Å². The maximum absolute atomic E-state index is 14.2. The summed E-state index contributed by atoms with van der Waals surface area (Å²) in [6.45, 7) is 1.06. The van der Waals surface area contributed by atoms with Crippen LogP contribution in [-0.4, -0.2) is 47.7 Å². The molecule has 0 aliphatic heterocycles. The number of halogens is 4. The summed E-state index contributed by atoms with van der Waals surface area (Å²) in [5, 5.41) is 20.1. The summed E-state index contributed by atoms with van der Waals surface area (Å²) in [5.74, 6) is -0.784. The van der Waals surface area contributed by atoms with Crippen molar-refractivity contribution in [2.75, 3.05) is 30.9 Å². The number of H-pyrrole nitrogens is 1. The predicted octanol–water partition coefficient (Wildman–Crippen LogP) is 3.00. The van der Waals surface area contributed by atoms with E-state index in [4.69, 9.17) is 5.41 Å². The molecule has 4 N–H and O–H groups in total. The van der Waals surface area contributed by atoms with Crippen LogP contribution in [0, 0.1) is 11.2 Å². The molecule has 1 atom stereocenters. The summed E-state index contributed by atoms with van der Waals surface area (Å²) in [6.07, 6.45) is -5.51. The topological polar surface area (TPSA) is 105 Å². The van der Waals surface area contributed by atoms with Crippen LogP contribution in [-0.2, 0) is 6.42 Å². The first-order chi connectivity index (χ1) is 14.0. The average molecular weight is 429 g/mol. The van der Waals surface area contributed by atoms with E-state index in [-0.39, 0.29) is 23.0 Å². The fourth-order valence-corrected chi connectivity index (χ4v) is 2.86. The number of aromatic amines is 1. The van der Waals surface area contributed by atoms with Gasteiger partial charge < -0.3 is 20.7 Å². The number of aromatic nitrogens is 2. The smallest absolute Gasteiger partial charge is 0.390 e. The Morgan fingerprint density at radius 3 is 2.53 bits per heavy atom. The number of alkyl halides is 3. The minimum absolute atomic E-state index is 0.00752. The van der Waals surface area contributed by atoms with E-state index >= 15 is 0 Å². The molecule has 1 unspecified atom stereocenters. The number of anilines is 2. The first-order valence-corrected chi connectivity index (χ1v) is 9.08. The molecule has 0 spiro atoms. The Morgan fingerprint density at radius 1 is 1.37 bits per heavy atom. The van der Waals surface area contributed by atoms with Crippen LogP contribution >= 0.6 is 0 Å². The normalized spacial score (nSPS) is 12.5. The molecule has 0 radical (unpaired) electrons. The van der Waals surface area contributed by atoms with E-state index in [0.29, 0.717) is 12.0 Å². The molecule has 1 aromatic heterocycles. The lowest BCUT2D eigenvalue weighted by Gasteiger charge is -2.22. The van der Waals surface area contributed by atoms with Gasteiger partial charge in [-0.05, 0) is 23.6 Å². The Kier molecular flexibility index (Phi) is 7.19. The highest BCUT2D eigenvalue weighted by molar-refractivity contribution is 6.02. The van der Waals surface area contributed by atoms with E-state index in [1.165, 1.54) is 11.0 Å². The van der Waals surface area contributed by atoms with Gasteiger partial charge in [0.05, 0.1) is 24.8 Å². The molecule has 0 fully saturated rings. The number of rotatable bonds is 8. The van der Waals surface area contributed by atoms with Crippen LogP contribution in [0.25, 0.3) is 0 Å². The molecule has 0 saturated carbocycles. The Balaban J connectivity index is 2.45. The SMILES string of the molecule is CCC(Nc1nc(N(C)C)[nH]c(=O)c1C(=N)CO)c1ccc(CC(F)(F)F)c(F)c1. The van der Waals surface area contributed by atoms with E-state index < -0.39 is 42.2 Å². The summed E-state index contributed by atoms with van der Waals surface area (Å²) < 4.78 is 51.9. The fraction of sp³-hybridized carbons (Fsp3) is 0.421. The number of nitrogens with one attached hydrogen (secondary N) is 3. The second-order valence-electron chi connectivity index (χ2n) is 6.89. The van der Waals surface area contributed by atoms with Crippen LogP contribution in [0.2, 0.25) is 0 Å². The van der Waals surface area contributed by atoms with Gasteiger partial charge in [-0.1, -0.05) is 19.1 Å². The molecule has 30 heavy (non-hydrogen) atoms. The van der Waals surface area contributed by atoms with Gasteiger partial charge in [0.15, 0.2) is 0 Å². The molecule has 2 rings (SSSR count). The monoisotopic (exact) mass is 429 g/mol. The van der Waals surface area contributed by atoms with Gasteiger partial charge in [-0.15, -0.1) is 0 Å². The third kappa shape index (κ3) is 5.56. The van der Waals surface area contributed by atoms with Crippen molar-refractivity contribution in [3.05, 3.63) is 51.1 Å². The van der Waals surface area contributed by atoms with E-state index in [0.717, 1.165) is 12.1 Å². The number of nitrogens with zero attached hydrogens (tertiary/aromatic N) is 2. The third-order valence-electron chi connectivity index (χ3n) is 4.38. The van der Waals surface area contributed by atoms with Crippen molar-refractivity contribution >= 4 is 17.5 Å². The van der Waals surface area contributed by atoms with Gasteiger partial charge in [0.2, 0.25) is 5.95 Å². The Hall–Kier alpha value is -2.95. The quantitative estimate of drug-likeness (QED) is 0.381. The summed E-state index contributed by atoms with van der Waals surface area (Å²) in [7, 11) is 3.29. The van der Waals surface area contributed by atoms with Crippen molar-refractivity contribution in [3.63, 3.8) is 0 Å². The number of hydrogen-bond acceptors (Lipinski definition) is 6. The Bertz CT molecular complexity index is 972. The number of aliphatic hydroxyl groups is 1. The molecule has 0 saturated heterocycles. The molecular formula is C19H23F4N5O2. The lowest BCUT2D eigenvalue weighted by molar-refractivity contribution is -0.127. The van der Waals surface area contributed by atoms with E-state index in [2.05, 4.69) is 15.3 Å². The van der Waals surface area contributed by atoms with Crippen LogP contribution in [0.3, 0.4) is 0 Å². The van der Waals surface area contributed by atoms with E-state index in [9.17, 15) is 27.5 Å². The maximum atomic E-state index is 14.2. The summed E-state index contributed by atoms with van der Waals surface area (Å²) in [4.78, 5) is 20.7. The van der Waals surface area contributed by atoms with Crippen LogP contribution in [0.15, 0.2) is 23.0 Å². The highest BCUT2D eigenvalue weighted by Crippen LogP contribution is 2.28. The van der Waals surface area contributed by atoms with Crippen LogP contribution in [0.4, 0.5) is 29.3 Å². The zero-order chi connectivity index (χ0) is 22.6. The zero-order valence-electron chi connectivity index (χ0n) is 16.7. The van der Waals surface area contributed by atoms with Crippen molar-refractivity contribution in [3.8, 4) is 0 Å². The third-order valence-corrected chi connectivity index (χ3v) is 4.38. The number of aliphatic hydroxyl groups excluding tert-OH is 1. The molecule has 1 aromatic carbocycles. The van der Waals surface area contributed by atoms with Crippen molar-refractivity contribution < 1.29 is 22.7 Å². The van der Waals surface area contributed by atoms with Gasteiger partial charge in [0.25, 0.3) is 5.56 Å². The van der Waals surface area contributed by atoms with E-state index in [1.54, 1.807) is 21.0 Å². The highest BCUT2D eigenvalue weighted by atomic mass is 19.4. The van der Waals surface area contributed by atoms with Crippen LogP contribution < -0.4 is 15.8 Å². The fourth-order valence-electron chi connectivity index (χ4n) is 2.86. The second-order valence-corrected chi connectivity index (χ2v) is 6.89. The first-order valence-electron chi connectivity index (χ1n) is 9.08. The Labute approximate surface area is 170 Å². The molecule has 1 heterocycles. The molecule has 0 amide bonds. The van der Waals surface area contributed by atoms with Crippen LogP contribution in [0.5, 0.6) is 0 Å². The molecule has 164 valence electrons. The summed E-state index contributed by atoms with van der Waals surface area (Å²) >= 11 is 0. The van der Waals surface area contributed by atoms with Crippen LogP contribution in [0.1, 0.15) is 36.1 Å². The number of hydrogen-bond donors (Lipinski definition) is 4. The van der Waals surface area contributed by atoms with Gasteiger partial charge in [-0.25, -0.2) is 4.39 Å². The summed E-state index contributed by atoms with van der Waals surface area (Å²) in [6, 6.07) is 2.87. The summed E-state index contributed by atoms with van der Waals surface area (Å²) in [5.41, 5.74) is -1.28. The highest BCUT2D eigenvalue weighted by Gasteiger charge is 2.29. The van der Waals surface area contributed by atoms with Gasteiger partial charge in [0.1, 0.15) is 17.2 Å². The minimum atomic E-state index is -4.53. The van der Waals surface area contributed by atoms with Gasteiger partial charge in [-0.3, -0.25) is 9.78 Å². The molecule has 2 aromatic rings. The Morgan fingerprint density at radius 2 is 2.03 bits per heavy atom. The average Bonchev–Trinajstić information content (AvgIpc) is 2.65. The first kappa shape index (κ1) is 23.3. The molecular weight excluding hydrogens is 406 g/mol. The lowest BCUT2D eigenvalue weighted by Crippen LogP contribution is -2.28. The molecule has 0 aliphatic carbocycles. The van der Waals surface area contributed by atoms with Crippen molar-refractivity contribution in [1.29, 1.82) is 5.41 Å². The molecule has 11 heteroatoms. The maximum Gasteiger partial charge on any atom is 0.393 e. The van der Waals surface area contributed by atoms with E-state index in [1.807, 2.05) is 0 Å². The molecule has 0 bridgehead atoms. The second kappa shape index (κ2) is 9.24. The zero-order valence-corrected chi connectivity index (χ0v) is 16.7.